The molecule has 1 unspecified atom stereocenters. The first-order valence-electron chi connectivity index (χ1n) is 5.84. The van der Waals surface area contributed by atoms with E-state index >= 15 is 0 Å². The van der Waals surface area contributed by atoms with E-state index < -0.39 is 0 Å². The molecule has 1 atom stereocenters. The zero-order valence-corrected chi connectivity index (χ0v) is 11.2. The fourth-order valence-electron chi connectivity index (χ4n) is 1.53. The largest absolute Gasteiger partial charge is 0.382 e. The second-order valence-corrected chi connectivity index (χ2v) is 4.15. The summed E-state index contributed by atoms with van der Waals surface area (Å²) in [5.74, 6) is 0. The Morgan fingerprint density at radius 3 is 2.82 bits per heavy atom. The lowest BCUT2D eigenvalue weighted by Gasteiger charge is -2.18. The van der Waals surface area contributed by atoms with Crippen LogP contribution < -0.4 is 5.32 Å². The molecule has 0 aliphatic rings. The Labute approximate surface area is 108 Å². The van der Waals surface area contributed by atoms with Crippen LogP contribution in [0, 0.1) is 0 Å². The van der Waals surface area contributed by atoms with Crippen LogP contribution in [0.1, 0.15) is 18.6 Å². The highest BCUT2D eigenvalue weighted by Crippen LogP contribution is 2.20. The van der Waals surface area contributed by atoms with Gasteiger partial charge in [-0.25, -0.2) is 0 Å². The van der Waals surface area contributed by atoms with Gasteiger partial charge in [0, 0.05) is 18.7 Å². The van der Waals surface area contributed by atoms with Crippen LogP contribution in [0.2, 0.25) is 5.02 Å². The van der Waals surface area contributed by atoms with Gasteiger partial charge in [-0.1, -0.05) is 30.7 Å². The maximum absolute atomic E-state index is 5.98. The van der Waals surface area contributed by atoms with E-state index in [0.29, 0.717) is 13.2 Å². The van der Waals surface area contributed by atoms with Gasteiger partial charge in [-0.3, -0.25) is 0 Å². The molecule has 96 valence electrons. The number of ether oxygens (including phenoxy) is 2. The lowest BCUT2D eigenvalue weighted by Crippen LogP contribution is -2.24. The van der Waals surface area contributed by atoms with Crippen molar-refractivity contribution >= 4 is 11.6 Å². The molecule has 1 N–H and O–H groups in total. The Hall–Kier alpha value is -0.610. The molecule has 1 rings (SSSR count). The molecule has 3 nitrogen and oxygen atoms in total. The normalized spacial score (nSPS) is 12.6. The van der Waals surface area contributed by atoms with Crippen molar-refractivity contribution in [2.75, 3.05) is 33.4 Å². The Kier molecular flexibility index (Phi) is 7.21. The summed E-state index contributed by atoms with van der Waals surface area (Å²) in [6.45, 7) is 4.96. The summed E-state index contributed by atoms with van der Waals surface area (Å²) in [4.78, 5) is 0. The molecular formula is C13H20ClNO2. The van der Waals surface area contributed by atoms with Crippen molar-refractivity contribution in [1.29, 1.82) is 0 Å². The topological polar surface area (TPSA) is 30.5 Å². The second-order valence-electron chi connectivity index (χ2n) is 3.71. The Morgan fingerprint density at radius 1 is 1.35 bits per heavy atom. The maximum Gasteiger partial charge on any atom is 0.0950 e. The van der Waals surface area contributed by atoms with Crippen molar-refractivity contribution in [3.63, 3.8) is 0 Å². The number of likely N-dealkylation sites (N-methyl/N-ethyl adjacent to an activating group) is 1. The van der Waals surface area contributed by atoms with Crippen LogP contribution in [0.3, 0.4) is 0 Å². The number of nitrogens with one attached hydrogen (secondary N) is 1. The third-order valence-electron chi connectivity index (χ3n) is 2.41. The number of benzene rings is 1. The van der Waals surface area contributed by atoms with E-state index in [1.165, 1.54) is 0 Å². The molecule has 0 saturated heterocycles. The van der Waals surface area contributed by atoms with Gasteiger partial charge in [-0.15, -0.1) is 0 Å². The van der Waals surface area contributed by atoms with Crippen molar-refractivity contribution < 1.29 is 9.47 Å². The lowest BCUT2D eigenvalue weighted by atomic mass is 10.1. The molecule has 0 aliphatic carbocycles. The molecule has 0 bridgehead atoms. The van der Waals surface area contributed by atoms with E-state index in [-0.39, 0.29) is 6.10 Å². The molecule has 0 saturated carbocycles. The Balaban J connectivity index is 2.60. The summed E-state index contributed by atoms with van der Waals surface area (Å²) in [7, 11) is 1.67. The van der Waals surface area contributed by atoms with Gasteiger partial charge >= 0.3 is 0 Å². The predicted molar refractivity (Wildman–Crippen MR) is 70.6 cm³/mol. The molecule has 1 aromatic carbocycles. The average Bonchev–Trinajstić information content (AvgIpc) is 2.33. The molecule has 0 spiro atoms. The summed E-state index contributed by atoms with van der Waals surface area (Å²) in [5.41, 5.74) is 1.09. The van der Waals surface area contributed by atoms with E-state index in [1.54, 1.807) is 7.11 Å². The number of hydrogen-bond acceptors (Lipinski definition) is 3. The van der Waals surface area contributed by atoms with E-state index in [1.807, 2.05) is 24.3 Å². The Morgan fingerprint density at radius 2 is 2.18 bits per heavy atom. The van der Waals surface area contributed by atoms with Crippen LogP contribution in [0.15, 0.2) is 24.3 Å². The molecule has 0 amide bonds. The van der Waals surface area contributed by atoms with Crippen LogP contribution in [-0.2, 0) is 9.47 Å². The van der Waals surface area contributed by atoms with Crippen LogP contribution >= 0.6 is 11.6 Å². The van der Waals surface area contributed by atoms with E-state index in [0.717, 1.165) is 23.7 Å². The minimum atomic E-state index is 0.0174. The van der Waals surface area contributed by atoms with Gasteiger partial charge < -0.3 is 14.8 Å². The monoisotopic (exact) mass is 257 g/mol. The van der Waals surface area contributed by atoms with Crippen LogP contribution in [0.25, 0.3) is 0 Å². The summed E-state index contributed by atoms with van der Waals surface area (Å²) in [6, 6.07) is 7.78. The molecule has 1 aromatic rings. The molecule has 0 aliphatic heterocycles. The van der Waals surface area contributed by atoms with E-state index in [9.17, 15) is 0 Å². The summed E-state index contributed by atoms with van der Waals surface area (Å²) >= 11 is 5.98. The lowest BCUT2D eigenvalue weighted by molar-refractivity contribution is 0.0169. The van der Waals surface area contributed by atoms with Gasteiger partial charge in [0.25, 0.3) is 0 Å². The number of methoxy groups -OCH3 is 1. The molecule has 0 aromatic heterocycles. The summed E-state index contributed by atoms with van der Waals surface area (Å²) < 4.78 is 10.8. The molecule has 0 heterocycles. The van der Waals surface area contributed by atoms with Gasteiger partial charge in [0.2, 0.25) is 0 Å². The highest BCUT2D eigenvalue weighted by Gasteiger charge is 2.11. The van der Waals surface area contributed by atoms with Crippen molar-refractivity contribution in [3.05, 3.63) is 34.9 Å². The van der Waals surface area contributed by atoms with Crippen LogP contribution in [-0.4, -0.2) is 33.4 Å². The predicted octanol–water partition coefficient (Wildman–Crippen LogP) is 2.65. The van der Waals surface area contributed by atoms with Crippen LogP contribution in [0.5, 0.6) is 0 Å². The average molecular weight is 258 g/mol. The SMILES string of the molecule is CCNCC(OCCOC)c1cccc(Cl)c1. The molecular weight excluding hydrogens is 238 g/mol. The Bertz CT molecular complexity index is 320. The smallest absolute Gasteiger partial charge is 0.0950 e. The highest BCUT2D eigenvalue weighted by atomic mass is 35.5. The first kappa shape index (κ1) is 14.5. The van der Waals surface area contributed by atoms with Gasteiger partial charge in [-0.05, 0) is 24.2 Å². The quantitative estimate of drug-likeness (QED) is 0.727. The first-order valence-corrected chi connectivity index (χ1v) is 6.22. The molecule has 0 radical (unpaired) electrons. The highest BCUT2D eigenvalue weighted by molar-refractivity contribution is 6.30. The summed E-state index contributed by atoms with van der Waals surface area (Å²) in [5, 5.41) is 4.02. The molecule has 17 heavy (non-hydrogen) atoms. The van der Waals surface area contributed by atoms with Crippen molar-refractivity contribution in [2.24, 2.45) is 0 Å². The number of hydrogen-bond donors (Lipinski definition) is 1. The van der Waals surface area contributed by atoms with Gasteiger partial charge in [0.15, 0.2) is 0 Å². The first-order chi connectivity index (χ1) is 8.27. The molecule has 0 fully saturated rings. The minimum absolute atomic E-state index is 0.0174. The fourth-order valence-corrected chi connectivity index (χ4v) is 1.73. The third kappa shape index (κ3) is 5.50. The minimum Gasteiger partial charge on any atom is -0.382 e. The fraction of sp³-hybridized carbons (Fsp3) is 0.538. The van der Waals surface area contributed by atoms with Gasteiger partial charge in [-0.2, -0.15) is 0 Å². The molecule has 4 heteroatoms. The van der Waals surface area contributed by atoms with Crippen molar-refractivity contribution in [1.82, 2.24) is 5.32 Å². The number of rotatable bonds is 8. The number of halogens is 1. The van der Waals surface area contributed by atoms with Gasteiger partial charge in [0.1, 0.15) is 0 Å². The van der Waals surface area contributed by atoms with Crippen molar-refractivity contribution in [2.45, 2.75) is 13.0 Å². The van der Waals surface area contributed by atoms with E-state index in [2.05, 4.69) is 12.2 Å². The summed E-state index contributed by atoms with van der Waals surface area (Å²) in [6.07, 6.45) is 0.0174. The van der Waals surface area contributed by atoms with E-state index in [4.69, 9.17) is 21.1 Å². The standard InChI is InChI=1S/C13H20ClNO2/c1-3-15-10-13(17-8-7-16-2)11-5-4-6-12(14)9-11/h4-6,9,13,15H,3,7-8,10H2,1-2H3. The zero-order chi connectivity index (χ0) is 12.5. The van der Waals surface area contributed by atoms with Gasteiger partial charge in [0.05, 0.1) is 19.3 Å². The van der Waals surface area contributed by atoms with Crippen LogP contribution in [0.4, 0.5) is 0 Å². The third-order valence-corrected chi connectivity index (χ3v) is 2.64. The van der Waals surface area contributed by atoms with Crippen molar-refractivity contribution in [3.8, 4) is 0 Å². The second kappa shape index (κ2) is 8.48. The zero-order valence-electron chi connectivity index (χ0n) is 10.4. The maximum atomic E-state index is 5.98.